The van der Waals surface area contributed by atoms with Gasteiger partial charge in [0.2, 0.25) is 0 Å². The first-order valence-electron chi connectivity index (χ1n) is 9.71. The predicted octanol–water partition coefficient (Wildman–Crippen LogP) is 4.06. The highest BCUT2D eigenvalue weighted by Gasteiger charge is 2.40. The lowest BCUT2D eigenvalue weighted by Gasteiger charge is -2.30. The summed E-state index contributed by atoms with van der Waals surface area (Å²) in [6.45, 7) is 8.56. The molecule has 0 atom stereocenters. The fourth-order valence-corrected chi connectivity index (χ4v) is 4.17. The van der Waals surface area contributed by atoms with Gasteiger partial charge in [0.25, 0.3) is 0 Å². The topological polar surface area (TPSA) is 15.3 Å². The van der Waals surface area contributed by atoms with Crippen molar-refractivity contribution in [1.29, 1.82) is 0 Å². The van der Waals surface area contributed by atoms with Gasteiger partial charge in [-0.05, 0) is 69.2 Å². The van der Waals surface area contributed by atoms with Crippen LogP contribution < -0.4 is 5.32 Å². The van der Waals surface area contributed by atoms with Gasteiger partial charge in [-0.3, -0.25) is 4.90 Å². The lowest BCUT2D eigenvalue weighted by atomic mass is 10.1. The molecule has 21 heavy (non-hydrogen) atoms. The third-order valence-corrected chi connectivity index (χ3v) is 5.87. The van der Waals surface area contributed by atoms with Crippen molar-refractivity contribution in [1.82, 2.24) is 10.2 Å². The monoisotopic (exact) mass is 292 g/mol. The molecule has 0 amide bonds. The van der Waals surface area contributed by atoms with Crippen molar-refractivity contribution in [2.75, 3.05) is 19.6 Å². The van der Waals surface area contributed by atoms with E-state index in [0.29, 0.717) is 0 Å². The van der Waals surface area contributed by atoms with E-state index in [1.807, 2.05) is 0 Å². The standard InChI is InChI=1S/C19H36N2/c1-15(2)11-13-21(18-5-3-4-6-18)14-12-20-19(16-7-8-16)17-9-10-17/h15-20H,3-14H2,1-2H3. The summed E-state index contributed by atoms with van der Waals surface area (Å²) < 4.78 is 0. The molecule has 3 aliphatic rings. The second kappa shape index (κ2) is 7.46. The van der Waals surface area contributed by atoms with Crippen molar-refractivity contribution in [3.63, 3.8) is 0 Å². The summed E-state index contributed by atoms with van der Waals surface area (Å²) in [5, 5.41) is 3.94. The molecule has 3 fully saturated rings. The lowest BCUT2D eigenvalue weighted by molar-refractivity contribution is 0.184. The molecular weight excluding hydrogens is 256 g/mol. The smallest absolute Gasteiger partial charge is 0.0124 e. The van der Waals surface area contributed by atoms with E-state index < -0.39 is 0 Å². The maximum Gasteiger partial charge on any atom is 0.0124 e. The summed E-state index contributed by atoms with van der Waals surface area (Å²) >= 11 is 0. The molecule has 0 bridgehead atoms. The molecular formula is C19H36N2. The number of hydrogen-bond donors (Lipinski definition) is 1. The summed E-state index contributed by atoms with van der Waals surface area (Å²) in [7, 11) is 0. The summed E-state index contributed by atoms with van der Waals surface area (Å²) in [6, 6.07) is 1.77. The van der Waals surface area contributed by atoms with E-state index in [1.165, 1.54) is 77.4 Å². The van der Waals surface area contributed by atoms with Gasteiger partial charge in [0.05, 0.1) is 0 Å². The van der Waals surface area contributed by atoms with E-state index >= 15 is 0 Å². The van der Waals surface area contributed by atoms with Crippen LogP contribution in [-0.2, 0) is 0 Å². The Balaban J connectivity index is 1.41. The Kier molecular flexibility index (Phi) is 5.61. The molecule has 3 aliphatic carbocycles. The second-order valence-corrected chi connectivity index (χ2v) is 8.31. The molecule has 2 heteroatoms. The average molecular weight is 293 g/mol. The van der Waals surface area contributed by atoms with Gasteiger partial charge >= 0.3 is 0 Å². The van der Waals surface area contributed by atoms with Crippen LogP contribution in [0, 0.1) is 17.8 Å². The summed E-state index contributed by atoms with van der Waals surface area (Å²) in [6.07, 6.45) is 13.2. The molecule has 0 aromatic carbocycles. The van der Waals surface area contributed by atoms with Crippen molar-refractivity contribution < 1.29 is 0 Å². The molecule has 3 saturated carbocycles. The first-order valence-corrected chi connectivity index (χ1v) is 9.71. The third kappa shape index (κ3) is 4.96. The van der Waals surface area contributed by atoms with Crippen LogP contribution >= 0.6 is 0 Å². The maximum atomic E-state index is 3.94. The van der Waals surface area contributed by atoms with Gasteiger partial charge in [-0.2, -0.15) is 0 Å². The van der Waals surface area contributed by atoms with Crippen LogP contribution in [0.4, 0.5) is 0 Å². The minimum Gasteiger partial charge on any atom is -0.312 e. The van der Waals surface area contributed by atoms with Crippen molar-refractivity contribution in [3.8, 4) is 0 Å². The molecule has 0 aromatic heterocycles. The van der Waals surface area contributed by atoms with Gasteiger partial charge < -0.3 is 5.32 Å². The Bertz CT molecular complexity index is 289. The first-order chi connectivity index (χ1) is 10.2. The fourth-order valence-electron chi connectivity index (χ4n) is 4.17. The highest BCUT2D eigenvalue weighted by Crippen LogP contribution is 2.44. The number of rotatable bonds is 10. The fraction of sp³-hybridized carbons (Fsp3) is 1.00. The zero-order valence-electron chi connectivity index (χ0n) is 14.3. The second-order valence-electron chi connectivity index (χ2n) is 8.31. The van der Waals surface area contributed by atoms with Crippen LogP contribution in [0.5, 0.6) is 0 Å². The molecule has 0 heterocycles. The molecule has 0 radical (unpaired) electrons. The van der Waals surface area contributed by atoms with E-state index in [2.05, 4.69) is 24.1 Å². The van der Waals surface area contributed by atoms with Crippen LogP contribution in [0.25, 0.3) is 0 Å². The highest BCUT2D eigenvalue weighted by atomic mass is 15.2. The third-order valence-electron chi connectivity index (χ3n) is 5.87. The Morgan fingerprint density at radius 3 is 2.05 bits per heavy atom. The van der Waals surface area contributed by atoms with E-state index in [1.54, 1.807) is 0 Å². The highest BCUT2D eigenvalue weighted by molar-refractivity contribution is 4.96. The Hall–Kier alpha value is -0.0800. The summed E-state index contributed by atoms with van der Waals surface area (Å²) in [5.41, 5.74) is 0. The van der Waals surface area contributed by atoms with Gasteiger partial charge in [-0.25, -0.2) is 0 Å². The van der Waals surface area contributed by atoms with E-state index in [-0.39, 0.29) is 0 Å². The van der Waals surface area contributed by atoms with Crippen molar-refractivity contribution in [3.05, 3.63) is 0 Å². The molecule has 0 spiro atoms. The Morgan fingerprint density at radius 2 is 1.52 bits per heavy atom. The Labute approximate surface area is 132 Å². The quantitative estimate of drug-likeness (QED) is 0.653. The molecule has 0 unspecified atom stereocenters. The van der Waals surface area contributed by atoms with Gasteiger partial charge in [0, 0.05) is 25.2 Å². The maximum absolute atomic E-state index is 3.94. The van der Waals surface area contributed by atoms with E-state index in [9.17, 15) is 0 Å². The number of nitrogens with one attached hydrogen (secondary N) is 1. The van der Waals surface area contributed by atoms with Gasteiger partial charge in [-0.15, -0.1) is 0 Å². The van der Waals surface area contributed by atoms with Gasteiger partial charge in [0.1, 0.15) is 0 Å². The summed E-state index contributed by atoms with van der Waals surface area (Å²) in [4.78, 5) is 2.82. The van der Waals surface area contributed by atoms with Crippen molar-refractivity contribution in [2.45, 2.75) is 83.7 Å². The van der Waals surface area contributed by atoms with Crippen LogP contribution in [-0.4, -0.2) is 36.6 Å². The molecule has 122 valence electrons. The van der Waals surface area contributed by atoms with Gasteiger partial charge in [-0.1, -0.05) is 26.7 Å². The zero-order valence-corrected chi connectivity index (χ0v) is 14.3. The minimum absolute atomic E-state index is 0.840. The molecule has 2 nitrogen and oxygen atoms in total. The van der Waals surface area contributed by atoms with Gasteiger partial charge in [0.15, 0.2) is 0 Å². The normalized spacial score (nSPS) is 23.9. The SMILES string of the molecule is CC(C)CCN(CCNC(C1CC1)C1CC1)C1CCCC1. The lowest BCUT2D eigenvalue weighted by Crippen LogP contribution is -2.43. The van der Waals surface area contributed by atoms with Crippen LogP contribution in [0.15, 0.2) is 0 Å². The zero-order chi connectivity index (χ0) is 14.7. The van der Waals surface area contributed by atoms with Crippen molar-refractivity contribution in [2.24, 2.45) is 17.8 Å². The predicted molar refractivity (Wildman–Crippen MR) is 90.5 cm³/mol. The minimum atomic E-state index is 0.840. The Morgan fingerprint density at radius 1 is 0.905 bits per heavy atom. The number of hydrogen-bond acceptors (Lipinski definition) is 2. The van der Waals surface area contributed by atoms with E-state index in [0.717, 1.165) is 29.8 Å². The van der Waals surface area contributed by atoms with Crippen molar-refractivity contribution >= 4 is 0 Å². The summed E-state index contributed by atoms with van der Waals surface area (Å²) in [5.74, 6) is 2.91. The molecule has 3 rings (SSSR count). The largest absolute Gasteiger partial charge is 0.312 e. The number of nitrogens with zero attached hydrogens (tertiary/aromatic N) is 1. The van der Waals surface area contributed by atoms with Crippen LogP contribution in [0.3, 0.4) is 0 Å². The van der Waals surface area contributed by atoms with Crippen LogP contribution in [0.2, 0.25) is 0 Å². The van der Waals surface area contributed by atoms with E-state index in [4.69, 9.17) is 0 Å². The molecule has 0 aromatic rings. The first kappa shape index (κ1) is 15.8. The van der Waals surface area contributed by atoms with Crippen LogP contribution in [0.1, 0.15) is 71.6 Å². The molecule has 0 saturated heterocycles. The average Bonchev–Trinajstić information content (AvgIpc) is 3.39. The molecule has 0 aliphatic heterocycles. The molecule has 1 N–H and O–H groups in total.